The summed E-state index contributed by atoms with van der Waals surface area (Å²) < 4.78 is 11.2. The molecule has 1 rings (SSSR count). The summed E-state index contributed by atoms with van der Waals surface area (Å²) in [6, 6.07) is 0.736. The molecule has 0 spiro atoms. The van der Waals surface area contributed by atoms with Crippen LogP contribution in [-0.2, 0) is 19.1 Å². The molecule has 0 saturated carbocycles. The van der Waals surface area contributed by atoms with Crippen LogP contribution in [0.3, 0.4) is 0 Å². The molecule has 0 aliphatic carbocycles. The average molecular weight is 729 g/mol. The van der Waals surface area contributed by atoms with E-state index >= 15 is 0 Å². The van der Waals surface area contributed by atoms with E-state index in [4.69, 9.17) is 9.47 Å². The molecule has 1 saturated heterocycles. The van der Waals surface area contributed by atoms with E-state index in [0.717, 1.165) is 89.1 Å². The Bertz CT molecular complexity index is 774. The molecule has 0 aromatic heterocycles. The summed E-state index contributed by atoms with van der Waals surface area (Å²) in [5.74, 6) is 0.951. The van der Waals surface area contributed by atoms with Gasteiger partial charge in [0.2, 0.25) is 0 Å². The second kappa shape index (κ2) is 33.4. The van der Waals surface area contributed by atoms with Crippen molar-refractivity contribution < 1.29 is 19.1 Å². The summed E-state index contributed by atoms with van der Waals surface area (Å²) in [6.07, 6.45) is 29.6. The largest absolute Gasteiger partial charge is 0.465 e. The first kappa shape index (κ1) is 46.6. The summed E-state index contributed by atoms with van der Waals surface area (Å²) in [5, 5.41) is -0.258. The van der Waals surface area contributed by atoms with Gasteiger partial charge in [-0.3, -0.25) is 9.59 Å². The van der Waals surface area contributed by atoms with Crippen LogP contribution in [0.15, 0.2) is 0 Å². The number of carbonyl (C=O) groups is 2. The average Bonchev–Trinajstić information content (AvgIpc) is 3.52. The van der Waals surface area contributed by atoms with Crippen molar-refractivity contribution in [3.05, 3.63) is 0 Å². The predicted molar refractivity (Wildman–Crippen MR) is 216 cm³/mol. The zero-order valence-corrected chi connectivity index (χ0v) is 34.5. The number of thiol groups is 1. The zero-order valence-electron chi connectivity index (χ0n) is 32.7. The molecule has 1 heterocycles. The fraction of sp³-hybridized carbons (Fsp3) is 0.951. The van der Waals surface area contributed by atoms with Crippen LogP contribution < -0.4 is 0 Å². The van der Waals surface area contributed by atoms with E-state index in [2.05, 4.69) is 50.2 Å². The van der Waals surface area contributed by atoms with E-state index in [0.29, 0.717) is 13.2 Å². The molecule has 8 heteroatoms. The number of ether oxygens (including phenoxy) is 2. The summed E-state index contributed by atoms with van der Waals surface area (Å²) in [4.78, 5) is 30.2. The number of nitrogens with zero attached hydrogens (tertiary/aromatic N) is 2. The first-order chi connectivity index (χ1) is 23.9. The maximum Gasteiger partial charge on any atom is 0.319 e. The molecule has 1 aliphatic heterocycles. The van der Waals surface area contributed by atoms with Crippen molar-refractivity contribution in [2.24, 2.45) is 0 Å². The Morgan fingerprint density at radius 3 is 1.82 bits per heavy atom. The van der Waals surface area contributed by atoms with Crippen LogP contribution in [0.25, 0.3) is 0 Å². The molecule has 0 amide bonds. The highest BCUT2D eigenvalue weighted by atomic mass is 32.2. The molecule has 1 fully saturated rings. The normalized spacial score (nSPS) is 16.3. The maximum absolute atomic E-state index is 12.9. The molecule has 0 aromatic carbocycles. The van der Waals surface area contributed by atoms with E-state index in [1.807, 2.05) is 11.8 Å². The fourth-order valence-corrected chi connectivity index (χ4v) is 8.21. The number of likely N-dealkylation sites (tertiary alicyclic amines) is 1. The van der Waals surface area contributed by atoms with Crippen molar-refractivity contribution in [3.63, 3.8) is 0 Å². The number of hydrogen-bond donors (Lipinski definition) is 1. The Balaban J connectivity index is 2.26. The van der Waals surface area contributed by atoms with E-state index in [1.54, 1.807) is 0 Å². The van der Waals surface area contributed by atoms with Gasteiger partial charge in [-0.2, -0.15) is 12.6 Å². The van der Waals surface area contributed by atoms with Crippen molar-refractivity contribution in [1.82, 2.24) is 9.80 Å². The Hall–Kier alpha value is -0.440. The molecule has 0 N–H and O–H groups in total. The number of hydrogen-bond acceptors (Lipinski definition) is 8. The quantitative estimate of drug-likeness (QED) is 0.0396. The second-order valence-corrected chi connectivity index (χ2v) is 16.6. The second-order valence-electron chi connectivity index (χ2n) is 14.7. The maximum atomic E-state index is 12.9. The van der Waals surface area contributed by atoms with E-state index in [-0.39, 0.29) is 22.4 Å². The van der Waals surface area contributed by atoms with Crippen molar-refractivity contribution >= 4 is 36.3 Å². The van der Waals surface area contributed by atoms with Crippen LogP contribution in [-0.4, -0.2) is 90.5 Å². The molecule has 1 aliphatic rings. The van der Waals surface area contributed by atoms with Gasteiger partial charge in [0.05, 0.1) is 18.5 Å². The molecular formula is C41H80N2O4S2. The van der Waals surface area contributed by atoms with Gasteiger partial charge in [0, 0.05) is 6.04 Å². The minimum absolute atomic E-state index is 0.0166. The Morgan fingerprint density at radius 1 is 0.694 bits per heavy atom. The number of thioether (sulfide) groups is 1. The van der Waals surface area contributed by atoms with Crippen LogP contribution >= 0.6 is 24.4 Å². The third kappa shape index (κ3) is 26.1. The van der Waals surface area contributed by atoms with Crippen LogP contribution in [0.5, 0.6) is 0 Å². The Morgan fingerprint density at radius 2 is 1.22 bits per heavy atom. The molecule has 290 valence electrons. The number of esters is 2. The molecule has 0 bridgehead atoms. The lowest BCUT2D eigenvalue weighted by molar-refractivity contribution is -0.144. The lowest BCUT2D eigenvalue weighted by atomic mass is 10.1. The van der Waals surface area contributed by atoms with Crippen molar-refractivity contribution in [2.45, 2.75) is 198 Å². The minimum atomic E-state index is -0.274. The smallest absolute Gasteiger partial charge is 0.319 e. The first-order valence-electron chi connectivity index (χ1n) is 21.0. The van der Waals surface area contributed by atoms with Crippen molar-refractivity contribution in [3.8, 4) is 0 Å². The van der Waals surface area contributed by atoms with Gasteiger partial charge in [-0.1, -0.05) is 117 Å². The lowest BCUT2D eigenvalue weighted by Crippen LogP contribution is -2.33. The molecule has 6 nitrogen and oxygen atoms in total. The van der Waals surface area contributed by atoms with Gasteiger partial charge >= 0.3 is 11.9 Å². The van der Waals surface area contributed by atoms with Gasteiger partial charge in [0.15, 0.2) is 0 Å². The van der Waals surface area contributed by atoms with Gasteiger partial charge < -0.3 is 19.3 Å². The van der Waals surface area contributed by atoms with Gasteiger partial charge in [0.1, 0.15) is 5.25 Å². The number of rotatable bonds is 35. The van der Waals surface area contributed by atoms with E-state index in [9.17, 15) is 9.59 Å². The van der Waals surface area contributed by atoms with Gasteiger partial charge in [-0.25, -0.2) is 0 Å². The summed E-state index contributed by atoms with van der Waals surface area (Å²) in [6.45, 7) is 12.4. The SMILES string of the molecule is CCCCCCCCCCSC(CCCC)C(=O)OCCCCCCN(CCCCCCOC(=O)C(S)CCCC)CCC1CCCN1C. The van der Waals surface area contributed by atoms with Gasteiger partial charge in [-0.05, 0) is 103 Å². The summed E-state index contributed by atoms with van der Waals surface area (Å²) >= 11 is 6.24. The van der Waals surface area contributed by atoms with E-state index in [1.165, 1.54) is 109 Å². The fourth-order valence-electron chi connectivity index (χ4n) is 6.76. The monoisotopic (exact) mass is 729 g/mol. The topological polar surface area (TPSA) is 59.1 Å². The molecule has 3 unspecified atom stereocenters. The van der Waals surface area contributed by atoms with Gasteiger partial charge in [0.25, 0.3) is 0 Å². The van der Waals surface area contributed by atoms with Crippen LogP contribution in [0.4, 0.5) is 0 Å². The Kier molecular flexibility index (Phi) is 31.8. The van der Waals surface area contributed by atoms with E-state index < -0.39 is 0 Å². The first-order valence-corrected chi connectivity index (χ1v) is 22.5. The number of unbranched alkanes of at least 4 members (excludes halogenated alkanes) is 15. The highest BCUT2D eigenvalue weighted by Crippen LogP contribution is 2.22. The molecule has 0 aromatic rings. The third-order valence-electron chi connectivity index (χ3n) is 10.2. The third-order valence-corrected chi connectivity index (χ3v) is 12.0. The highest BCUT2D eigenvalue weighted by molar-refractivity contribution is 8.00. The van der Waals surface area contributed by atoms with Gasteiger partial charge in [-0.15, -0.1) is 11.8 Å². The van der Waals surface area contributed by atoms with Crippen LogP contribution in [0.1, 0.15) is 181 Å². The Labute approximate surface area is 314 Å². The number of carbonyl (C=O) groups excluding carboxylic acids is 2. The standard InChI is InChI=1S/C41H80N2O4S2/c1-5-8-11-12-13-14-19-24-36-49-39(28-10-7-3)41(45)47-35-23-18-16-21-32-43(33-29-37-26-25-30-42(37)4)31-20-15-17-22-34-46-40(44)38(48)27-9-6-2/h37-39,48H,5-36H2,1-4H3. The minimum Gasteiger partial charge on any atom is -0.465 e. The van der Waals surface area contributed by atoms with Crippen LogP contribution in [0, 0.1) is 0 Å². The summed E-state index contributed by atoms with van der Waals surface area (Å²) in [5.41, 5.74) is 0. The van der Waals surface area contributed by atoms with Crippen molar-refractivity contribution in [1.29, 1.82) is 0 Å². The molecule has 0 radical (unpaired) electrons. The van der Waals surface area contributed by atoms with Crippen LogP contribution in [0.2, 0.25) is 0 Å². The highest BCUT2D eigenvalue weighted by Gasteiger charge is 2.22. The summed E-state index contributed by atoms with van der Waals surface area (Å²) in [7, 11) is 2.28. The molecule has 3 atom stereocenters. The molecular weight excluding hydrogens is 649 g/mol. The molecule has 49 heavy (non-hydrogen) atoms. The van der Waals surface area contributed by atoms with Crippen molar-refractivity contribution in [2.75, 3.05) is 52.2 Å². The predicted octanol–water partition coefficient (Wildman–Crippen LogP) is 10.9. The zero-order chi connectivity index (χ0) is 35.8. The lowest BCUT2D eigenvalue weighted by Gasteiger charge is -2.26.